The second kappa shape index (κ2) is 6.70. The zero-order valence-electron chi connectivity index (χ0n) is 11.1. The van der Waals surface area contributed by atoms with Crippen LogP contribution in [0.5, 0.6) is 0 Å². The van der Waals surface area contributed by atoms with E-state index in [1.165, 1.54) is 13.8 Å². The number of ether oxygens (including phenoxy) is 4. The average molecular weight is 260 g/mol. The van der Waals surface area contributed by atoms with Crippen LogP contribution in [0.15, 0.2) is 0 Å². The van der Waals surface area contributed by atoms with E-state index >= 15 is 0 Å². The molecule has 0 spiro atoms. The van der Waals surface area contributed by atoms with Gasteiger partial charge in [0.2, 0.25) is 0 Å². The normalized spacial score (nSPS) is 27.6. The van der Waals surface area contributed by atoms with Gasteiger partial charge < -0.3 is 18.9 Å². The highest BCUT2D eigenvalue weighted by Gasteiger charge is 2.39. The highest BCUT2D eigenvalue weighted by atomic mass is 16.7. The Bertz CT molecular complexity index is 303. The maximum atomic E-state index is 10.8. The third kappa shape index (κ3) is 4.62. The molecule has 2 unspecified atom stereocenters. The Morgan fingerprint density at radius 2 is 1.94 bits per heavy atom. The maximum Gasteiger partial charge on any atom is 0.304 e. The molecule has 1 saturated heterocycles. The molecule has 0 aromatic carbocycles. The molecule has 6 heteroatoms. The van der Waals surface area contributed by atoms with E-state index in [2.05, 4.69) is 0 Å². The molecule has 0 amide bonds. The number of esters is 2. The second-order valence-corrected chi connectivity index (χ2v) is 4.54. The van der Waals surface area contributed by atoms with E-state index < -0.39 is 5.60 Å². The Balaban J connectivity index is 2.49. The molecule has 0 aliphatic carbocycles. The molecule has 104 valence electrons. The lowest BCUT2D eigenvalue weighted by Gasteiger charge is -2.40. The predicted molar refractivity (Wildman–Crippen MR) is 61.7 cm³/mol. The fourth-order valence-corrected chi connectivity index (χ4v) is 1.76. The Labute approximate surface area is 107 Å². The lowest BCUT2D eigenvalue weighted by atomic mass is 9.85. The van der Waals surface area contributed by atoms with Crippen LogP contribution in [0.2, 0.25) is 0 Å². The van der Waals surface area contributed by atoms with Gasteiger partial charge in [-0.05, 0) is 6.92 Å². The Morgan fingerprint density at radius 1 is 1.28 bits per heavy atom. The van der Waals surface area contributed by atoms with Crippen molar-refractivity contribution in [1.82, 2.24) is 0 Å². The average Bonchev–Trinajstić information content (AvgIpc) is 2.27. The van der Waals surface area contributed by atoms with E-state index in [4.69, 9.17) is 18.9 Å². The molecule has 1 rings (SSSR count). The van der Waals surface area contributed by atoms with Crippen LogP contribution in [-0.2, 0) is 28.5 Å². The third-order valence-electron chi connectivity index (χ3n) is 3.06. The molecule has 0 aromatic rings. The molecule has 0 saturated carbocycles. The van der Waals surface area contributed by atoms with Gasteiger partial charge in [-0.2, -0.15) is 0 Å². The van der Waals surface area contributed by atoms with Crippen molar-refractivity contribution < 1.29 is 28.5 Å². The van der Waals surface area contributed by atoms with Crippen LogP contribution < -0.4 is 0 Å². The summed E-state index contributed by atoms with van der Waals surface area (Å²) in [5.41, 5.74) is -0.511. The fourth-order valence-electron chi connectivity index (χ4n) is 1.76. The van der Waals surface area contributed by atoms with Gasteiger partial charge >= 0.3 is 11.9 Å². The molecule has 0 aromatic heterocycles. The van der Waals surface area contributed by atoms with Crippen molar-refractivity contribution in [1.29, 1.82) is 0 Å². The van der Waals surface area contributed by atoms with Gasteiger partial charge in [-0.3, -0.25) is 9.59 Å². The van der Waals surface area contributed by atoms with E-state index in [0.29, 0.717) is 19.6 Å². The molecule has 1 aliphatic heterocycles. The summed E-state index contributed by atoms with van der Waals surface area (Å²) in [7, 11) is 0. The third-order valence-corrected chi connectivity index (χ3v) is 3.06. The molecule has 18 heavy (non-hydrogen) atoms. The molecule has 1 aliphatic rings. The van der Waals surface area contributed by atoms with Crippen LogP contribution in [0.3, 0.4) is 0 Å². The summed E-state index contributed by atoms with van der Waals surface area (Å²) in [6.45, 7) is 5.78. The first-order valence-electron chi connectivity index (χ1n) is 5.92. The SMILES string of the molecule is CC(=O)OCOC1(C)CCOCC1COC(C)=O. The van der Waals surface area contributed by atoms with E-state index in [1.807, 2.05) is 6.92 Å². The quantitative estimate of drug-likeness (QED) is 0.540. The first-order chi connectivity index (χ1) is 8.44. The van der Waals surface area contributed by atoms with E-state index in [9.17, 15) is 9.59 Å². The molecule has 0 radical (unpaired) electrons. The molecular formula is C12H20O6. The Kier molecular flexibility index (Phi) is 5.55. The van der Waals surface area contributed by atoms with E-state index in [0.717, 1.165) is 0 Å². The van der Waals surface area contributed by atoms with Gasteiger partial charge in [0.25, 0.3) is 0 Å². The van der Waals surface area contributed by atoms with Crippen molar-refractivity contribution in [2.75, 3.05) is 26.6 Å². The number of carbonyl (C=O) groups is 2. The highest BCUT2D eigenvalue weighted by molar-refractivity contribution is 5.66. The summed E-state index contributed by atoms with van der Waals surface area (Å²) in [4.78, 5) is 21.5. The lowest BCUT2D eigenvalue weighted by Crippen LogP contribution is -2.48. The highest BCUT2D eigenvalue weighted by Crippen LogP contribution is 2.30. The van der Waals surface area contributed by atoms with E-state index in [-0.39, 0.29) is 31.3 Å². The predicted octanol–water partition coefficient (Wildman–Crippen LogP) is 0.882. The first-order valence-corrected chi connectivity index (χ1v) is 5.92. The smallest absolute Gasteiger partial charge is 0.304 e. The van der Waals surface area contributed by atoms with E-state index in [1.54, 1.807) is 0 Å². The van der Waals surface area contributed by atoms with Crippen molar-refractivity contribution >= 4 is 11.9 Å². The van der Waals surface area contributed by atoms with Gasteiger partial charge in [-0.15, -0.1) is 0 Å². The molecule has 1 fully saturated rings. The summed E-state index contributed by atoms with van der Waals surface area (Å²) in [5.74, 6) is -0.782. The van der Waals surface area contributed by atoms with Gasteiger partial charge in [-0.1, -0.05) is 0 Å². The van der Waals surface area contributed by atoms with Gasteiger partial charge in [0.1, 0.15) is 0 Å². The summed E-state index contributed by atoms with van der Waals surface area (Å²) in [6.07, 6.45) is 0.667. The zero-order chi connectivity index (χ0) is 13.6. The van der Waals surface area contributed by atoms with Crippen molar-refractivity contribution in [2.24, 2.45) is 5.92 Å². The molecule has 1 heterocycles. The van der Waals surface area contributed by atoms with Gasteiger partial charge in [-0.25, -0.2) is 0 Å². The summed E-state index contributed by atoms with van der Waals surface area (Å²) in [6, 6.07) is 0. The Hall–Kier alpha value is -1.14. The summed E-state index contributed by atoms with van der Waals surface area (Å²) >= 11 is 0. The van der Waals surface area contributed by atoms with Crippen LogP contribution in [0, 0.1) is 5.92 Å². The maximum absolute atomic E-state index is 10.8. The van der Waals surface area contributed by atoms with Crippen LogP contribution >= 0.6 is 0 Å². The van der Waals surface area contributed by atoms with Gasteiger partial charge in [0.15, 0.2) is 6.79 Å². The minimum atomic E-state index is -0.511. The van der Waals surface area contributed by atoms with Crippen LogP contribution in [0.4, 0.5) is 0 Å². The topological polar surface area (TPSA) is 71.1 Å². The standard InChI is InChI=1S/C12H20O6/c1-9(13)16-7-11-6-15-5-4-12(11,3)18-8-17-10(2)14/h11H,4-8H2,1-3H3. The Morgan fingerprint density at radius 3 is 2.56 bits per heavy atom. The monoisotopic (exact) mass is 260 g/mol. The second-order valence-electron chi connectivity index (χ2n) is 4.54. The van der Waals surface area contributed by atoms with Crippen molar-refractivity contribution in [3.63, 3.8) is 0 Å². The van der Waals surface area contributed by atoms with Crippen LogP contribution in [-0.4, -0.2) is 44.2 Å². The number of hydrogen-bond acceptors (Lipinski definition) is 6. The molecule has 0 bridgehead atoms. The molecular weight excluding hydrogens is 240 g/mol. The number of hydrogen-bond donors (Lipinski definition) is 0. The van der Waals surface area contributed by atoms with Crippen LogP contribution in [0.1, 0.15) is 27.2 Å². The molecule has 0 N–H and O–H groups in total. The van der Waals surface area contributed by atoms with Crippen molar-refractivity contribution in [2.45, 2.75) is 32.8 Å². The largest absolute Gasteiger partial charge is 0.465 e. The summed E-state index contributed by atoms with van der Waals surface area (Å²) in [5, 5.41) is 0. The minimum absolute atomic E-state index is 0.0642. The van der Waals surface area contributed by atoms with Crippen LogP contribution in [0.25, 0.3) is 0 Å². The minimum Gasteiger partial charge on any atom is -0.465 e. The molecule has 6 nitrogen and oxygen atoms in total. The lowest BCUT2D eigenvalue weighted by molar-refractivity contribution is -0.204. The zero-order valence-corrected chi connectivity index (χ0v) is 11.1. The number of rotatable bonds is 5. The van der Waals surface area contributed by atoms with Gasteiger partial charge in [0, 0.05) is 32.8 Å². The molecule has 2 atom stereocenters. The first kappa shape index (κ1) is 14.9. The summed E-state index contributed by atoms with van der Waals surface area (Å²) < 4.78 is 20.7. The number of carbonyl (C=O) groups excluding carboxylic acids is 2. The van der Waals surface area contributed by atoms with Crippen molar-refractivity contribution in [3.8, 4) is 0 Å². The fraction of sp³-hybridized carbons (Fsp3) is 0.833. The van der Waals surface area contributed by atoms with Crippen molar-refractivity contribution in [3.05, 3.63) is 0 Å². The van der Waals surface area contributed by atoms with Gasteiger partial charge in [0.05, 0.1) is 18.8 Å².